The molecule has 60 heavy (non-hydrogen) atoms. The zero-order chi connectivity index (χ0) is 41.5. The number of piperazine rings is 1. The number of rotatable bonds is 15. The highest BCUT2D eigenvalue weighted by molar-refractivity contribution is 7.99. The summed E-state index contributed by atoms with van der Waals surface area (Å²) >= 11 is 8.05. The second-order valence-electron chi connectivity index (χ2n) is 14.4. The Bertz CT molecular complexity index is 2710. The van der Waals surface area contributed by atoms with E-state index in [1.165, 1.54) is 29.6 Å². The number of benzene rings is 5. The Hall–Kier alpha value is -6.06. The van der Waals surface area contributed by atoms with Gasteiger partial charge in [-0.3, -0.25) is 24.7 Å². The third-order valence-electron chi connectivity index (χ3n) is 10.4. The Morgan fingerprint density at radius 2 is 1.63 bits per heavy atom. The number of nitrogens with one attached hydrogen (secondary N) is 2. The van der Waals surface area contributed by atoms with Gasteiger partial charge in [0.2, 0.25) is 0 Å². The Labute approximate surface area is 357 Å². The number of hydrogen-bond donors (Lipinski definition) is 2. The van der Waals surface area contributed by atoms with Crippen molar-refractivity contribution in [2.24, 2.45) is 0 Å². The molecule has 304 valence electrons. The van der Waals surface area contributed by atoms with Crippen LogP contribution in [-0.2, 0) is 23.0 Å². The monoisotopic (exact) mass is 856 g/mol. The summed E-state index contributed by atoms with van der Waals surface area (Å²) in [6.07, 6.45) is 5.31. The van der Waals surface area contributed by atoms with E-state index in [1.807, 2.05) is 84.9 Å². The maximum atomic E-state index is 13.8. The zero-order valence-corrected chi connectivity index (χ0v) is 34.8. The molecule has 0 spiro atoms. The molecule has 0 saturated carbocycles. The summed E-state index contributed by atoms with van der Waals surface area (Å²) in [5.74, 6) is 0.669. The number of aromatic nitrogens is 3. The maximum absolute atomic E-state index is 13.8. The minimum absolute atomic E-state index is 0.0754. The average molecular weight is 857 g/mol. The van der Waals surface area contributed by atoms with Gasteiger partial charge in [-0.15, -0.1) is 11.8 Å². The SMILES string of the molecule is O=[N+]([O-])c1cc(S(=O)(=O)Nc2ncnc3cc(N4CCN(Cc5cc(Cl)ccc5-c5ccccc5)CC4)ccc23)ccc1NC(CSc1ccccc1)Cc1cccnc1. The van der Waals surface area contributed by atoms with Crippen molar-refractivity contribution in [1.82, 2.24) is 19.9 Å². The molecule has 0 bridgehead atoms. The van der Waals surface area contributed by atoms with Crippen LogP contribution >= 0.6 is 23.4 Å². The van der Waals surface area contributed by atoms with Gasteiger partial charge in [0.15, 0.2) is 5.82 Å². The van der Waals surface area contributed by atoms with Crippen LogP contribution in [0.3, 0.4) is 0 Å². The van der Waals surface area contributed by atoms with Gasteiger partial charge in [0, 0.05) is 84.0 Å². The van der Waals surface area contributed by atoms with E-state index in [9.17, 15) is 18.5 Å². The molecule has 1 aliphatic heterocycles. The fourth-order valence-electron chi connectivity index (χ4n) is 7.35. The summed E-state index contributed by atoms with van der Waals surface area (Å²) in [5.41, 5.74) is 5.85. The van der Waals surface area contributed by atoms with E-state index in [0.29, 0.717) is 28.1 Å². The van der Waals surface area contributed by atoms with Crippen molar-refractivity contribution in [3.05, 3.63) is 172 Å². The van der Waals surface area contributed by atoms with Gasteiger partial charge >= 0.3 is 0 Å². The molecule has 15 heteroatoms. The van der Waals surface area contributed by atoms with Gasteiger partial charge in [0.1, 0.15) is 12.0 Å². The smallest absolute Gasteiger partial charge is 0.293 e. The highest BCUT2D eigenvalue weighted by Gasteiger charge is 2.25. The number of pyridine rings is 1. The molecule has 1 saturated heterocycles. The molecule has 0 radical (unpaired) electrons. The third kappa shape index (κ3) is 9.86. The Morgan fingerprint density at radius 1 is 0.850 bits per heavy atom. The van der Waals surface area contributed by atoms with E-state index in [4.69, 9.17) is 11.6 Å². The van der Waals surface area contributed by atoms with Crippen molar-refractivity contribution in [3.8, 4) is 11.1 Å². The van der Waals surface area contributed by atoms with E-state index in [0.717, 1.165) is 60.5 Å². The van der Waals surface area contributed by atoms with Gasteiger partial charge in [-0.05, 0) is 89.3 Å². The average Bonchev–Trinajstić information content (AvgIpc) is 3.27. The molecule has 12 nitrogen and oxygen atoms in total. The summed E-state index contributed by atoms with van der Waals surface area (Å²) in [6.45, 7) is 4.03. The van der Waals surface area contributed by atoms with Gasteiger partial charge < -0.3 is 10.2 Å². The highest BCUT2D eigenvalue weighted by atomic mass is 35.5. The third-order valence-corrected chi connectivity index (χ3v) is 13.1. The number of sulfonamides is 1. The molecule has 1 fully saturated rings. The van der Waals surface area contributed by atoms with Crippen molar-refractivity contribution in [1.29, 1.82) is 0 Å². The van der Waals surface area contributed by atoms with Gasteiger partial charge in [0.05, 0.1) is 15.3 Å². The molecule has 2 aromatic heterocycles. The Balaban J connectivity index is 0.954. The summed E-state index contributed by atoms with van der Waals surface area (Å²) < 4.78 is 30.2. The van der Waals surface area contributed by atoms with Crippen LogP contribution in [-0.4, -0.2) is 71.2 Å². The van der Waals surface area contributed by atoms with E-state index in [1.54, 1.807) is 30.2 Å². The van der Waals surface area contributed by atoms with Gasteiger partial charge in [-0.25, -0.2) is 18.4 Å². The normalized spacial score (nSPS) is 13.8. The van der Waals surface area contributed by atoms with Crippen LogP contribution in [0.4, 0.5) is 22.9 Å². The van der Waals surface area contributed by atoms with Gasteiger partial charge in [-0.2, -0.15) is 0 Å². The van der Waals surface area contributed by atoms with Crippen LogP contribution in [0.1, 0.15) is 11.1 Å². The second-order valence-corrected chi connectivity index (χ2v) is 17.6. The minimum Gasteiger partial charge on any atom is -0.376 e. The molecule has 0 aliphatic carbocycles. The van der Waals surface area contributed by atoms with Crippen LogP contribution in [0.2, 0.25) is 5.02 Å². The van der Waals surface area contributed by atoms with Crippen LogP contribution in [0, 0.1) is 10.1 Å². The number of nitro groups is 1. The van der Waals surface area contributed by atoms with E-state index >= 15 is 0 Å². The molecule has 1 atom stereocenters. The van der Waals surface area contributed by atoms with Crippen molar-refractivity contribution < 1.29 is 13.3 Å². The molecule has 3 heterocycles. The van der Waals surface area contributed by atoms with Crippen LogP contribution < -0.4 is 14.9 Å². The van der Waals surface area contributed by atoms with Crippen LogP contribution in [0.25, 0.3) is 22.0 Å². The first-order valence-corrected chi connectivity index (χ1v) is 22.2. The molecule has 1 aliphatic rings. The maximum Gasteiger partial charge on any atom is 0.293 e. The van der Waals surface area contributed by atoms with Gasteiger partial charge in [0.25, 0.3) is 15.7 Å². The first-order chi connectivity index (χ1) is 29.2. The second kappa shape index (κ2) is 18.5. The summed E-state index contributed by atoms with van der Waals surface area (Å²) in [7, 11) is -4.30. The summed E-state index contributed by atoms with van der Waals surface area (Å²) in [5, 5.41) is 16.9. The fraction of sp³-hybridized carbons (Fsp3) is 0.178. The number of anilines is 3. The quantitative estimate of drug-likeness (QED) is 0.0578. The van der Waals surface area contributed by atoms with Crippen LogP contribution in [0.5, 0.6) is 0 Å². The van der Waals surface area contributed by atoms with E-state index in [-0.39, 0.29) is 28.1 Å². The van der Waals surface area contributed by atoms with Crippen LogP contribution in [0.15, 0.2) is 156 Å². The number of fused-ring (bicyclic) bond motifs is 1. The van der Waals surface area contributed by atoms with E-state index < -0.39 is 14.9 Å². The Morgan fingerprint density at radius 3 is 2.38 bits per heavy atom. The highest BCUT2D eigenvalue weighted by Crippen LogP contribution is 2.33. The molecule has 2 N–H and O–H groups in total. The van der Waals surface area contributed by atoms with Crippen molar-refractivity contribution >= 4 is 67.2 Å². The summed E-state index contributed by atoms with van der Waals surface area (Å²) in [6, 6.07) is 39.4. The molecule has 8 rings (SSSR count). The zero-order valence-electron chi connectivity index (χ0n) is 32.4. The van der Waals surface area contributed by atoms with Gasteiger partial charge in [-0.1, -0.05) is 72.3 Å². The molecular weight excluding hydrogens is 816 g/mol. The predicted molar refractivity (Wildman–Crippen MR) is 240 cm³/mol. The number of nitro benzene ring substituents is 1. The van der Waals surface area contributed by atoms with E-state index in [2.05, 4.69) is 53.0 Å². The minimum atomic E-state index is -4.30. The number of halogens is 1. The first kappa shape index (κ1) is 40.7. The lowest BCUT2D eigenvalue weighted by atomic mass is 9.99. The topological polar surface area (TPSA) is 146 Å². The predicted octanol–water partition coefficient (Wildman–Crippen LogP) is 9.19. The molecule has 0 amide bonds. The molecule has 1 unspecified atom stereocenters. The summed E-state index contributed by atoms with van der Waals surface area (Å²) in [4.78, 5) is 30.3. The lowest BCUT2D eigenvalue weighted by molar-refractivity contribution is -0.384. The standard InChI is InChI=1S/C45H41ClN8O4S2/c46-35-13-16-40(33-9-3-1-4-10-33)34(25-35)29-52-20-22-53(23-21-52)37-14-17-41-43(26-37)48-31-49-45(41)51-60(57,58)39-15-18-42(44(27-39)54(55)56)50-36(24-32-8-7-19-47-28-32)30-59-38-11-5-2-6-12-38/h1-19,25-28,31,36,50H,20-24,29-30H2,(H,48,49,51). The van der Waals surface area contributed by atoms with Crippen molar-refractivity contribution in [2.45, 2.75) is 28.8 Å². The lowest BCUT2D eigenvalue weighted by Gasteiger charge is -2.36. The first-order valence-electron chi connectivity index (χ1n) is 19.4. The van der Waals surface area contributed by atoms with Crippen molar-refractivity contribution in [2.75, 3.05) is 46.9 Å². The largest absolute Gasteiger partial charge is 0.376 e. The molecule has 5 aromatic carbocycles. The molecular formula is C45H41ClN8O4S2. The lowest BCUT2D eigenvalue weighted by Crippen LogP contribution is -2.46. The number of hydrogen-bond acceptors (Lipinski definition) is 11. The molecule has 7 aromatic rings. The fourth-order valence-corrected chi connectivity index (χ4v) is 9.54. The number of nitrogens with zero attached hydrogens (tertiary/aromatic N) is 6. The van der Waals surface area contributed by atoms with Crippen molar-refractivity contribution in [3.63, 3.8) is 0 Å². The number of thioether (sulfide) groups is 1. The Kier molecular flexibility index (Phi) is 12.5.